The number of nitrogens with zero attached hydrogens (tertiary/aromatic N) is 1. The van der Waals surface area contributed by atoms with Crippen molar-refractivity contribution in [3.05, 3.63) is 122 Å². The molecule has 0 aromatic heterocycles. The van der Waals surface area contributed by atoms with E-state index in [1.807, 2.05) is 33.3 Å². The molecular weight excluding hydrogens is 766 g/mol. The van der Waals surface area contributed by atoms with E-state index < -0.39 is 38.6 Å². The third kappa shape index (κ3) is 42.3. The lowest BCUT2D eigenvalue weighted by molar-refractivity contribution is -0.870. The number of quaternary nitrogens is 1. The Labute approximate surface area is 357 Å². The molecule has 0 saturated heterocycles. The number of esters is 2. The van der Waals surface area contributed by atoms with Crippen LogP contribution in [-0.4, -0.2) is 81.2 Å². The van der Waals surface area contributed by atoms with Gasteiger partial charge in [-0.25, -0.2) is 0 Å². The van der Waals surface area contributed by atoms with Gasteiger partial charge in [0.25, 0.3) is 7.82 Å². The topological polar surface area (TPSA) is 131 Å². The summed E-state index contributed by atoms with van der Waals surface area (Å²) in [4.78, 5) is 37.5. The Kier molecular flexibility index (Phi) is 36.2. The van der Waals surface area contributed by atoms with Crippen LogP contribution < -0.4 is 4.89 Å². The highest BCUT2D eigenvalue weighted by molar-refractivity contribution is 7.45. The molecule has 0 spiro atoms. The molecule has 0 saturated carbocycles. The second-order valence-electron chi connectivity index (χ2n) is 14.8. The molecule has 10 nitrogen and oxygen atoms in total. The van der Waals surface area contributed by atoms with Crippen LogP contribution in [0.5, 0.6) is 0 Å². The van der Waals surface area contributed by atoms with Gasteiger partial charge in [0.15, 0.2) is 6.10 Å². The van der Waals surface area contributed by atoms with Gasteiger partial charge in [-0.2, -0.15) is 0 Å². The molecule has 332 valence electrons. The van der Waals surface area contributed by atoms with Gasteiger partial charge < -0.3 is 33.0 Å². The van der Waals surface area contributed by atoms with Crippen molar-refractivity contribution in [2.45, 2.75) is 122 Å². The Bertz CT molecular complexity index is 1430. The minimum atomic E-state index is -4.71. The number of hydrogen-bond acceptors (Lipinski definition) is 9. The van der Waals surface area contributed by atoms with Gasteiger partial charge in [0.1, 0.15) is 19.8 Å². The van der Waals surface area contributed by atoms with Crippen LogP contribution in [0.4, 0.5) is 0 Å². The van der Waals surface area contributed by atoms with Crippen molar-refractivity contribution in [2.75, 3.05) is 47.5 Å². The first-order chi connectivity index (χ1) is 28.4. The van der Waals surface area contributed by atoms with Crippen LogP contribution >= 0.6 is 7.82 Å². The van der Waals surface area contributed by atoms with Gasteiger partial charge in [-0.1, -0.05) is 135 Å². The summed E-state index contributed by atoms with van der Waals surface area (Å²) in [6, 6.07) is 0. The summed E-state index contributed by atoms with van der Waals surface area (Å²) in [5.41, 5.74) is 0. The van der Waals surface area contributed by atoms with E-state index in [4.69, 9.17) is 18.5 Å². The second kappa shape index (κ2) is 38.6. The number of phosphoric ester groups is 1. The van der Waals surface area contributed by atoms with Gasteiger partial charge in [-0.15, -0.1) is 0 Å². The van der Waals surface area contributed by atoms with E-state index in [9.17, 15) is 24.2 Å². The number of hydrogen-bond donors (Lipinski definition) is 1. The van der Waals surface area contributed by atoms with E-state index in [0.29, 0.717) is 17.4 Å². The van der Waals surface area contributed by atoms with Gasteiger partial charge in [-0.3, -0.25) is 14.2 Å². The van der Waals surface area contributed by atoms with E-state index in [1.165, 1.54) is 0 Å². The standard InChI is InChI=1S/C48H76NO9P/c1-6-8-10-12-14-16-18-20-22-24-25-27-29-31-33-35-37-45(50)39-40-48(52)58-46(44-57-59(53,54)56-42-41-49(3,4)5)43-55-47(51)38-36-34-32-30-28-26-23-21-19-17-15-13-11-9-7-2/h8-11,14-17,20-23,25,27-28,30-31,33,35,37,45-46,50H,6-7,12-13,18-19,24,26,29,32,34,36,38-44H2,1-5H3/b10-8-,11-9-,16-14-,17-15-,22-20-,23-21-,27-25-,30-28-,33-31-,37-35-/t45?,46-/m1/s1. The predicted molar refractivity (Wildman–Crippen MR) is 241 cm³/mol. The number of likely N-dealkylation sites (N-methyl/N-ethyl adjacent to an activating group) is 1. The first-order valence-corrected chi connectivity index (χ1v) is 22.8. The first-order valence-electron chi connectivity index (χ1n) is 21.4. The largest absolute Gasteiger partial charge is 0.756 e. The van der Waals surface area contributed by atoms with Crippen LogP contribution in [-0.2, 0) is 32.7 Å². The molecule has 11 heteroatoms. The summed E-state index contributed by atoms with van der Waals surface area (Å²) in [6.45, 7) is 3.62. The summed E-state index contributed by atoms with van der Waals surface area (Å²) in [5, 5.41) is 10.3. The minimum Gasteiger partial charge on any atom is -0.756 e. The molecule has 0 rings (SSSR count). The van der Waals surface area contributed by atoms with E-state index in [-0.39, 0.29) is 32.5 Å². The van der Waals surface area contributed by atoms with Crippen molar-refractivity contribution in [3.63, 3.8) is 0 Å². The number of aliphatic hydroxyl groups excluding tert-OH is 1. The molecule has 1 N–H and O–H groups in total. The third-order valence-electron chi connectivity index (χ3n) is 8.09. The molecule has 0 aliphatic heterocycles. The van der Waals surface area contributed by atoms with Crippen LogP contribution in [0.3, 0.4) is 0 Å². The molecule has 0 aromatic rings. The Morgan fingerprint density at radius 2 is 1.12 bits per heavy atom. The summed E-state index contributed by atoms with van der Waals surface area (Å²) in [7, 11) is 0.973. The average molecular weight is 842 g/mol. The molecule has 59 heavy (non-hydrogen) atoms. The number of ether oxygens (including phenoxy) is 2. The fourth-order valence-corrected chi connectivity index (χ4v) is 5.48. The Morgan fingerprint density at radius 3 is 1.63 bits per heavy atom. The third-order valence-corrected chi connectivity index (χ3v) is 9.06. The van der Waals surface area contributed by atoms with Gasteiger partial charge in [0.2, 0.25) is 0 Å². The number of unbranched alkanes of at least 4 members (excludes halogenated alkanes) is 2. The lowest BCUT2D eigenvalue weighted by Gasteiger charge is -2.28. The minimum absolute atomic E-state index is 0.0842. The molecular formula is C48H76NO9P. The molecule has 2 unspecified atom stereocenters. The molecule has 3 atom stereocenters. The zero-order chi connectivity index (χ0) is 43.7. The monoisotopic (exact) mass is 842 g/mol. The molecule has 0 heterocycles. The van der Waals surface area contributed by atoms with Crippen molar-refractivity contribution in [2.24, 2.45) is 0 Å². The summed E-state index contributed by atoms with van der Waals surface area (Å²) < 4.78 is 33.6. The number of carbonyl (C=O) groups excluding carboxylic acids is 2. The quantitative estimate of drug-likeness (QED) is 0.0164. The van der Waals surface area contributed by atoms with Crippen molar-refractivity contribution < 1.29 is 47.2 Å². The lowest BCUT2D eigenvalue weighted by Crippen LogP contribution is -2.37. The normalized spacial score (nSPS) is 15.3. The number of rotatable bonds is 36. The molecule has 0 radical (unpaired) electrons. The number of allylic oxidation sites excluding steroid dienone is 19. The van der Waals surface area contributed by atoms with Gasteiger partial charge >= 0.3 is 11.9 Å². The highest BCUT2D eigenvalue weighted by Gasteiger charge is 2.22. The maximum absolute atomic E-state index is 12.7. The number of phosphoric acid groups is 1. The van der Waals surface area contributed by atoms with Gasteiger partial charge in [-0.05, 0) is 83.5 Å². The Hall–Kier alpha value is -3.63. The van der Waals surface area contributed by atoms with Gasteiger partial charge in [0.05, 0.1) is 33.9 Å². The second-order valence-corrected chi connectivity index (χ2v) is 16.2. The van der Waals surface area contributed by atoms with Crippen LogP contribution in [0.2, 0.25) is 0 Å². The molecule has 0 fully saturated rings. The highest BCUT2D eigenvalue weighted by atomic mass is 31.2. The number of aliphatic hydroxyl groups is 1. The fourth-order valence-electron chi connectivity index (χ4n) is 4.75. The molecule has 0 bridgehead atoms. The lowest BCUT2D eigenvalue weighted by atomic mass is 10.2. The molecule has 0 amide bonds. The maximum Gasteiger partial charge on any atom is 0.306 e. The Balaban J connectivity index is 4.72. The molecule has 0 aliphatic carbocycles. The zero-order valence-corrected chi connectivity index (χ0v) is 37.6. The SMILES string of the molecule is CC/C=C\C/C=C\C/C=C\C/C=C\C/C=C\C=C/C(O)CCC(=O)O[C@H](COC(=O)CCCC/C=C\C/C=C\C/C=C\C/C=C\CC)COP(=O)([O-])OCC[N+](C)(C)C. The van der Waals surface area contributed by atoms with E-state index >= 15 is 0 Å². The van der Waals surface area contributed by atoms with Crippen LogP contribution in [0.1, 0.15) is 110 Å². The van der Waals surface area contributed by atoms with Crippen LogP contribution in [0.25, 0.3) is 0 Å². The summed E-state index contributed by atoms with van der Waals surface area (Å²) >= 11 is 0. The highest BCUT2D eigenvalue weighted by Crippen LogP contribution is 2.38. The molecule has 0 aliphatic rings. The smallest absolute Gasteiger partial charge is 0.306 e. The van der Waals surface area contributed by atoms with Crippen molar-refractivity contribution >= 4 is 19.8 Å². The van der Waals surface area contributed by atoms with E-state index in [0.717, 1.165) is 70.6 Å². The molecule has 0 aromatic carbocycles. The number of carbonyl (C=O) groups is 2. The predicted octanol–water partition coefficient (Wildman–Crippen LogP) is 10.5. The van der Waals surface area contributed by atoms with E-state index in [2.05, 4.69) is 111 Å². The van der Waals surface area contributed by atoms with Crippen LogP contribution in [0.15, 0.2) is 122 Å². The van der Waals surface area contributed by atoms with E-state index in [1.54, 1.807) is 12.2 Å². The van der Waals surface area contributed by atoms with Crippen molar-refractivity contribution in [1.82, 2.24) is 0 Å². The zero-order valence-electron chi connectivity index (χ0n) is 36.7. The first kappa shape index (κ1) is 55.4. The van der Waals surface area contributed by atoms with Gasteiger partial charge in [0, 0.05) is 12.8 Å². The van der Waals surface area contributed by atoms with Crippen molar-refractivity contribution in [1.29, 1.82) is 0 Å². The average Bonchev–Trinajstić information content (AvgIpc) is 3.18. The summed E-state index contributed by atoms with van der Waals surface area (Å²) in [5.74, 6) is -1.18. The van der Waals surface area contributed by atoms with Crippen molar-refractivity contribution in [3.8, 4) is 0 Å². The maximum atomic E-state index is 12.7. The van der Waals surface area contributed by atoms with Crippen LogP contribution in [0, 0.1) is 0 Å². The fraction of sp³-hybridized carbons (Fsp3) is 0.542. The summed E-state index contributed by atoms with van der Waals surface area (Å²) in [6.07, 6.45) is 50.0. The Morgan fingerprint density at radius 1 is 0.627 bits per heavy atom.